The Bertz CT molecular complexity index is 708. The topological polar surface area (TPSA) is 69.4 Å². The second-order valence-corrected chi connectivity index (χ2v) is 6.09. The van der Waals surface area contributed by atoms with Crippen molar-refractivity contribution in [2.45, 2.75) is 16.7 Å². The summed E-state index contributed by atoms with van der Waals surface area (Å²) in [6.45, 7) is 1.77. The number of nitrogens with two attached hydrogens (primary N) is 1. The number of hydrogen-bond donors (Lipinski definition) is 1. The van der Waals surface area contributed by atoms with E-state index in [1.54, 1.807) is 31.2 Å². The standard InChI is InChI=1S/C14H15NO3S/c1-10-5-3-4-6-14(10)19(16,17)11-7-8-12(15)13(9-11)18-2/h3-9H,15H2,1-2H3. The number of methoxy groups -OCH3 is 1. The van der Waals surface area contributed by atoms with E-state index in [4.69, 9.17) is 10.5 Å². The van der Waals surface area contributed by atoms with Crippen molar-refractivity contribution in [1.82, 2.24) is 0 Å². The molecule has 0 spiro atoms. The van der Waals surface area contributed by atoms with Gasteiger partial charge in [-0.3, -0.25) is 0 Å². The van der Waals surface area contributed by atoms with E-state index in [2.05, 4.69) is 0 Å². The smallest absolute Gasteiger partial charge is 0.206 e. The van der Waals surface area contributed by atoms with Gasteiger partial charge in [-0.2, -0.15) is 0 Å². The molecule has 0 saturated carbocycles. The third-order valence-corrected chi connectivity index (χ3v) is 4.81. The lowest BCUT2D eigenvalue weighted by Gasteiger charge is -2.10. The molecule has 0 amide bonds. The van der Waals surface area contributed by atoms with Gasteiger partial charge in [-0.1, -0.05) is 18.2 Å². The van der Waals surface area contributed by atoms with Crippen LogP contribution >= 0.6 is 0 Å². The van der Waals surface area contributed by atoms with Crippen LogP contribution in [0.15, 0.2) is 52.3 Å². The molecular formula is C14H15NO3S. The molecular weight excluding hydrogens is 262 g/mol. The first-order valence-corrected chi connectivity index (χ1v) is 7.19. The van der Waals surface area contributed by atoms with Crippen molar-refractivity contribution in [2.75, 3.05) is 12.8 Å². The first kappa shape index (κ1) is 13.4. The number of aryl methyl sites for hydroxylation is 1. The quantitative estimate of drug-likeness (QED) is 0.875. The average Bonchev–Trinajstić information content (AvgIpc) is 2.39. The molecule has 0 unspecified atom stereocenters. The van der Waals surface area contributed by atoms with Crippen LogP contribution in [0.25, 0.3) is 0 Å². The fourth-order valence-electron chi connectivity index (χ4n) is 1.84. The van der Waals surface area contributed by atoms with Crippen LogP contribution in [0.4, 0.5) is 5.69 Å². The Morgan fingerprint density at radius 1 is 1.11 bits per heavy atom. The molecule has 2 aromatic carbocycles. The maximum absolute atomic E-state index is 12.5. The molecule has 0 fully saturated rings. The van der Waals surface area contributed by atoms with E-state index in [0.29, 0.717) is 21.9 Å². The molecule has 2 aromatic rings. The molecule has 0 bridgehead atoms. The van der Waals surface area contributed by atoms with E-state index in [-0.39, 0.29) is 4.90 Å². The summed E-state index contributed by atoms with van der Waals surface area (Å²) in [4.78, 5) is 0.467. The van der Waals surface area contributed by atoms with Crippen LogP contribution in [0.2, 0.25) is 0 Å². The molecule has 0 aliphatic heterocycles. The fourth-order valence-corrected chi connectivity index (χ4v) is 3.36. The van der Waals surface area contributed by atoms with Gasteiger partial charge in [-0.25, -0.2) is 8.42 Å². The molecule has 0 aromatic heterocycles. The predicted octanol–water partition coefficient (Wildman–Crippen LogP) is 2.42. The second kappa shape index (κ2) is 4.93. The van der Waals surface area contributed by atoms with Crippen molar-refractivity contribution in [2.24, 2.45) is 0 Å². The van der Waals surface area contributed by atoms with Crippen LogP contribution in [-0.4, -0.2) is 15.5 Å². The van der Waals surface area contributed by atoms with Crippen LogP contribution < -0.4 is 10.5 Å². The van der Waals surface area contributed by atoms with Crippen molar-refractivity contribution >= 4 is 15.5 Å². The molecule has 0 aliphatic rings. The Morgan fingerprint density at radius 2 is 1.79 bits per heavy atom. The molecule has 0 aliphatic carbocycles. The molecule has 2 rings (SSSR count). The number of rotatable bonds is 3. The minimum atomic E-state index is -3.55. The van der Waals surface area contributed by atoms with Crippen molar-refractivity contribution in [1.29, 1.82) is 0 Å². The minimum Gasteiger partial charge on any atom is -0.495 e. The Balaban J connectivity index is 2.61. The third kappa shape index (κ3) is 2.42. The highest BCUT2D eigenvalue weighted by Gasteiger charge is 2.20. The number of anilines is 1. The number of nitrogen functional groups attached to an aromatic ring is 1. The Hall–Kier alpha value is -2.01. The van der Waals surface area contributed by atoms with Crippen molar-refractivity contribution in [3.05, 3.63) is 48.0 Å². The molecule has 2 N–H and O–H groups in total. The molecule has 0 atom stereocenters. The molecule has 100 valence electrons. The summed E-state index contributed by atoms with van der Waals surface area (Å²) in [7, 11) is -2.10. The maximum atomic E-state index is 12.5. The number of ether oxygens (including phenoxy) is 1. The normalized spacial score (nSPS) is 11.3. The van der Waals surface area contributed by atoms with E-state index < -0.39 is 9.84 Å². The van der Waals surface area contributed by atoms with Crippen LogP contribution in [0.3, 0.4) is 0 Å². The van der Waals surface area contributed by atoms with Gasteiger partial charge >= 0.3 is 0 Å². The van der Waals surface area contributed by atoms with Gasteiger partial charge in [0, 0.05) is 6.07 Å². The van der Waals surface area contributed by atoms with Crippen LogP contribution in [0.1, 0.15) is 5.56 Å². The van der Waals surface area contributed by atoms with E-state index >= 15 is 0 Å². The van der Waals surface area contributed by atoms with Gasteiger partial charge in [0.15, 0.2) is 0 Å². The highest BCUT2D eigenvalue weighted by Crippen LogP contribution is 2.29. The lowest BCUT2D eigenvalue weighted by Crippen LogP contribution is -2.05. The summed E-state index contributed by atoms with van der Waals surface area (Å²) >= 11 is 0. The Labute approximate surface area is 112 Å². The monoisotopic (exact) mass is 277 g/mol. The van der Waals surface area contributed by atoms with Gasteiger partial charge in [0.1, 0.15) is 5.75 Å². The lowest BCUT2D eigenvalue weighted by molar-refractivity contribution is 0.415. The van der Waals surface area contributed by atoms with Crippen LogP contribution in [0, 0.1) is 6.92 Å². The summed E-state index contributed by atoms with van der Waals surface area (Å²) in [5, 5.41) is 0. The van der Waals surface area contributed by atoms with Gasteiger partial charge in [0.25, 0.3) is 0 Å². The number of sulfone groups is 1. The predicted molar refractivity (Wildman–Crippen MR) is 74.0 cm³/mol. The maximum Gasteiger partial charge on any atom is 0.206 e. The average molecular weight is 277 g/mol. The summed E-state index contributed by atoms with van der Waals surface area (Å²) in [6.07, 6.45) is 0. The van der Waals surface area contributed by atoms with Crippen LogP contribution in [-0.2, 0) is 9.84 Å². The van der Waals surface area contributed by atoms with E-state index in [0.717, 1.165) is 0 Å². The van der Waals surface area contributed by atoms with Gasteiger partial charge in [-0.05, 0) is 30.7 Å². The largest absolute Gasteiger partial charge is 0.495 e. The van der Waals surface area contributed by atoms with Crippen LogP contribution in [0.5, 0.6) is 5.75 Å². The minimum absolute atomic E-state index is 0.174. The van der Waals surface area contributed by atoms with Crippen molar-refractivity contribution in [3.8, 4) is 5.75 Å². The van der Waals surface area contributed by atoms with E-state index in [1.807, 2.05) is 0 Å². The van der Waals surface area contributed by atoms with Gasteiger partial charge in [0.05, 0.1) is 22.6 Å². The fraction of sp³-hybridized carbons (Fsp3) is 0.143. The summed E-state index contributed by atoms with van der Waals surface area (Å²) in [5.74, 6) is 0.356. The number of benzene rings is 2. The van der Waals surface area contributed by atoms with E-state index in [1.165, 1.54) is 25.3 Å². The molecule has 5 heteroatoms. The number of hydrogen-bond acceptors (Lipinski definition) is 4. The third-order valence-electron chi connectivity index (χ3n) is 2.90. The van der Waals surface area contributed by atoms with E-state index in [9.17, 15) is 8.42 Å². The molecule has 4 nitrogen and oxygen atoms in total. The molecule has 0 saturated heterocycles. The summed E-state index contributed by atoms with van der Waals surface area (Å²) in [5.41, 5.74) is 6.81. The van der Waals surface area contributed by atoms with Crippen molar-refractivity contribution in [3.63, 3.8) is 0 Å². The summed E-state index contributed by atoms with van der Waals surface area (Å²) < 4.78 is 30.1. The first-order valence-electron chi connectivity index (χ1n) is 5.71. The Morgan fingerprint density at radius 3 is 2.42 bits per heavy atom. The highest BCUT2D eigenvalue weighted by molar-refractivity contribution is 7.91. The first-order chi connectivity index (χ1) is 8.96. The summed E-state index contributed by atoms with van der Waals surface area (Å²) in [6, 6.07) is 11.3. The molecule has 0 radical (unpaired) electrons. The molecule has 0 heterocycles. The highest BCUT2D eigenvalue weighted by atomic mass is 32.2. The SMILES string of the molecule is COc1cc(S(=O)(=O)c2ccccc2C)ccc1N. The van der Waals surface area contributed by atoms with Crippen molar-refractivity contribution < 1.29 is 13.2 Å². The lowest BCUT2D eigenvalue weighted by atomic mass is 10.2. The molecule has 19 heavy (non-hydrogen) atoms. The Kier molecular flexibility index (Phi) is 3.48. The zero-order valence-corrected chi connectivity index (χ0v) is 11.6. The second-order valence-electron chi connectivity index (χ2n) is 4.17. The van der Waals surface area contributed by atoms with Gasteiger partial charge in [0.2, 0.25) is 9.84 Å². The van der Waals surface area contributed by atoms with Gasteiger partial charge < -0.3 is 10.5 Å². The zero-order chi connectivity index (χ0) is 14.0. The van der Waals surface area contributed by atoms with Gasteiger partial charge in [-0.15, -0.1) is 0 Å². The zero-order valence-electron chi connectivity index (χ0n) is 10.8.